The van der Waals surface area contributed by atoms with Gasteiger partial charge in [-0.3, -0.25) is 0 Å². The highest BCUT2D eigenvalue weighted by molar-refractivity contribution is 6.35. The number of ether oxygens (including phenoxy) is 1. The van der Waals surface area contributed by atoms with E-state index in [1.54, 1.807) is 12.1 Å². The molecule has 0 saturated heterocycles. The number of hydrogen-bond donors (Lipinski definition) is 1. The van der Waals surface area contributed by atoms with Gasteiger partial charge in [-0.25, -0.2) is 0 Å². The molecule has 0 aliphatic heterocycles. The maximum Gasteiger partial charge on any atom is 0.124 e. The quantitative estimate of drug-likeness (QED) is 0.871. The molecule has 2 rings (SSSR count). The van der Waals surface area contributed by atoms with Crippen LogP contribution in [0.3, 0.4) is 0 Å². The van der Waals surface area contributed by atoms with Crippen LogP contribution in [0.4, 0.5) is 0 Å². The van der Waals surface area contributed by atoms with Crippen molar-refractivity contribution in [3.05, 3.63) is 63.1 Å². The van der Waals surface area contributed by atoms with Gasteiger partial charge in [0.2, 0.25) is 0 Å². The van der Waals surface area contributed by atoms with Crippen LogP contribution in [-0.4, -0.2) is 0 Å². The molecular formula is C16H17Cl2NO. The van der Waals surface area contributed by atoms with E-state index in [0.29, 0.717) is 16.7 Å². The van der Waals surface area contributed by atoms with Gasteiger partial charge in [0.05, 0.1) is 0 Å². The highest BCUT2D eigenvalue weighted by Crippen LogP contribution is 2.27. The Morgan fingerprint density at radius 3 is 2.55 bits per heavy atom. The normalized spacial score (nSPS) is 12.2. The third kappa shape index (κ3) is 3.66. The van der Waals surface area contributed by atoms with E-state index in [4.69, 9.17) is 33.7 Å². The topological polar surface area (TPSA) is 35.2 Å². The summed E-state index contributed by atoms with van der Waals surface area (Å²) in [5, 5.41) is 1.22. The van der Waals surface area contributed by atoms with Gasteiger partial charge in [0, 0.05) is 27.2 Å². The first-order chi connectivity index (χ1) is 9.47. The molecule has 2 aromatic carbocycles. The molecule has 0 aliphatic rings. The van der Waals surface area contributed by atoms with Gasteiger partial charge in [0.15, 0.2) is 0 Å². The number of halogens is 2. The summed E-state index contributed by atoms with van der Waals surface area (Å²) in [7, 11) is 0. The highest BCUT2D eigenvalue weighted by Gasteiger charge is 2.09. The van der Waals surface area contributed by atoms with E-state index in [1.807, 2.05) is 38.1 Å². The van der Waals surface area contributed by atoms with Crippen LogP contribution in [0, 0.1) is 6.92 Å². The molecule has 106 valence electrons. The summed E-state index contributed by atoms with van der Waals surface area (Å²) in [5.41, 5.74) is 9.03. The Kier molecular flexibility index (Phi) is 4.92. The molecule has 0 fully saturated rings. The molecule has 0 saturated carbocycles. The lowest BCUT2D eigenvalue weighted by molar-refractivity contribution is 0.301. The molecule has 2 aromatic rings. The zero-order valence-electron chi connectivity index (χ0n) is 11.5. The average Bonchev–Trinajstić information content (AvgIpc) is 2.38. The molecule has 0 spiro atoms. The molecule has 0 amide bonds. The smallest absolute Gasteiger partial charge is 0.124 e. The third-order valence-corrected chi connectivity index (χ3v) is 3.64. The summed E-state index contributed by atoms with van der Waals surface area (Å²) >= 11 is 12.0. The van der Waals surface area contributed by atoms with Crippen molar-refractivity contribution in [1.82, 2.24) is 0 Å². The van der Waals surface area contributed by atoms with E-state index in [0.717, 1.165) is 22.4 Å². The molecule has 4 heteroatoms. The molecule has 0 aliphatic carbocycles. The monoisotopic (exact) mass is 309 g/mol. The van der Waals surface area contributed by atoms with Gasteiger partial charge < -0.3 is 10.5 Å². The summed E-state index contributed by atoms with van der Waals surface area (Å²) in [6.07, 6.45) is 0. The lowest BCUT2D eigenvalue weighted by Crippen LogP contribution is -2.08. The van der Waals surface area contributed by atoms with E-state index in [2.05, 4.69) is 0 Å². The minimum absolute atomic E-state index is 0.0782. The van der Waals surface area contributed by atoms with Crippen LogP contribution in [0.1, 0.15) is 29.7 Å². The highest BCUT2D eigenvalue weighted by atomic mass is 35.5. The first-order valence-corrected chi connectivity index (χ1v) is 7.16. The number of hydrogen-bond acceptors (Lipinski definition) is 2. The zero-order chi connectivity index (χ0) is 14.7. The van der Waals surface area contributed by atoms with Crippen molar-refractivity contribution >= 4 is 23.2 Å². The Morgan fingerprint density at radius 1 is 1.15 bits per heavy atom. The van der Waals surface area contributed by atoms with E-state index in [-0.39, 0.29) is 6.04 Å². The molecule has 0 heterocycles. The second-order valence-corrected chi connectivity index (χ2v) is 5.70. The van der Waals surface area contributed by atoms with Crippen molar-refractivity contribution in [1.29, 1.82) is 0 Å². The molecule has 0 unspecified atom stereocenters. The molecule has 2 nitrogen and oxygen atoms in total. The fourth-order valence-electron chi connectivity index (χ4n) is 1.95. The molecule has 0 aromatic heterocycles. The van der Waals surface area contributed by atoms with Gasteiger partial charge in [-0.1, -0.05) is 47.0 Å². The molecule has 0 radical (unpaired) electrons. The summed E-state index contributed by atoms with van der Waals surface area (Å²) in [5.74, 6) is 0.789. The van der Waals surface area contributed by atoms with Crippen molar-refractivity contribution in [2.45, 2.75) is 26.5 Å². The van der Waals surface area contributed by atoms with Crippen LogP contribution in [0.15, 0.2) is 36.4 Å². The van der Waals surface area contributed by atoms with Gasteiger partial charge in [-0.2, -0.15) is 0 Å². The number of benzene rings is 2. The van der Waals surface area contributed by atoms with Crippen LogP contribution >= 0.6 is 23.2 Å². The molecule has 20 heavy (non-hydrogen) atoms. The van der Waals surface area contributed by atoms with Crippen LogP contribution in [0.5, 0.6) is 5.75 Å². The van der Waals surface area contributed by atoms with Gasteiger partial charge in [-0.15, -0.1) is 0 Å². The average molecular weight is 310 g/mol. The minimum atomic E-state index is -0.0782. The zero-order valence-corrected chi connectivity index (χ0v) is 13.0. The van der Waals surface area contributed by atoms with E-state index in [1.165, 1.54) is 0 Å². The molecular weight excluding hydrogens is 293 g/mol. The number of nitrogens with two attached hydrogens (primary N) is 1. The Balaban J connectivity index is 2.18. The van der Waals surface area contributed by atoms with E-state index >= 15 is 0 Å². The first kappa shape index (κ1) is 15.2. The number of rotatable bonds is 4. The lowest BCUT2D eigenvalue weighted by Gasteiger charge is -2.15. The standard InChI is InChI=1S/C16H17Cl2NO/c1-10-3-6-16(14(7-10)11(2)19)20-9-12-4-5-13(17)8-15(12)18/h3-8,11H,9,19H2,1-2H3/t11-/m1/s1. The summed E-state index contributed by atoms with van der Waals surface area (Å²) in [6, 6.07) is 11.3. The second kappa shape index (κ2) is 6.49. The van der Waals surface area contributed by atoms with Crippen LogP contribution < -0.4 is 10.5 Å². The van der Waals surface area contributed by atoms with Crippen molar-refractivity contribution in [2.75, 3.05) is 0 Å². The third-order valence-electron chi connectivity index (χ3n) is 3.05. The molecule has 1 atom stereocenters. The Labute approximate surface area is 129 Å². The molecule has 2 N–H and O–H groups in total. The maximum atomic E-state index is 6.13. The summed E-state index contributed by atoms with van der Waals surface area (Å²) in [6.45, 7) is 4.36. The van der Waals surface area contributed by atoms with Crippen molar-refractivity contribution in [3.8, 4) is 5.75 Å². The summed E-state index contributed by atoms with van der Waals surface area (Å²) in [4.78, 5) is 0. The van der Waals surface area contributed by atoms with Crippen LogP contribution in [0.25, 0.3) is 0 Å². The maximum absolute atomic E-state index is 6.13. The van der Waals surface area contributed by atoms with E-state index < -0.39 is 0 Å². The van der Waals surface area contributed by atoms with Gasteiger partial charge in [0.1, 0.15) is 12.4 Å². The second-order valence-electron chi connectivity index (χ2n) is 4.85. The molecule has 0 bridgehead atoms. The lowest BCUT2D eigenvalue weighted by atomic mass is 10.1. The van der Waals surface area contributed by atoms with Gasteiger partial charge >= 0.3 is 0 Å². The fourth-order valence-corrected chi connectivity index (χ4v) is 2.41. The number of aryl methyl sites for hydroxylation is 1. The van der Waals surface area contributed by atoms with Crippen LogP contribution in [-0.2, 0) is 6.61 Å². The Bertz CT molecular complexity index is 611. The predicted octanol–water partition coefficient (Wildman–Crippen LogP) is 4.90. The summed E-state index contributed by atoms with van der Waals surface area (Å²) < 4.78 is 5.85. The van der Waals surface area contributed by atoms with Gasteiger partial charge in [0.25, 0.3) is 0 Å². The fraction of sp³-hybridized carbons (Fsp3) is 0.250. The van der Waals surface area contributed by atoms with E-state index in [9.17, 15) is 0 Å². The largest absolute Gasteiger partial charge is 0.489 e. The first-order valence-electron chi connectivity index (χ1n) is 6.40. The Hall–Kier alpha value is -1.22. The van der Waals surface area contributed by atoms with Crippen LogP contribution in [0.2, 0.25) is 10.0 Å². The predicted molar refractivity (Wildman–Crippen MR) is 84.6 cm³/mol. The van der Waals surface area contributed by atoms with Gasteiger partial charge in [-0.05, 0) is 32.0 Å². The van der Waals surface area contributed by atoms with Crippen molar-refractivity contribution in [2.24, 2.45) is 5.73 Å². The van der Waals surface area contributed by atoms with Crippen molar-refractivity contribution in [3.63, 3.8) is 0 Å². The van der Waals surface area contributed by atoms with Crippen molar-refractivity contribution < 1.29 is 4.74 Å². The minimum Gasteiger partial charge on any atom is -0.489 e. The Morgan fingerprint density at radius 2 is 1.90 bits per heavy atom. The SMILES string of the molecule is Cc1ccc(OCc2ccc(Cl)cc2Cl)c([C@@H](C)N)c1.